The summed E-state index contributed by atoms with van der Waals surface area (Å²) in [6.07, 6.45) is 1.66. The summed E-state index contributed by atoms with van der Waals surface area (Å²) in [4.78, 5) is 16.3. The number of carbonyl (C=O) groups excluding carboxylic acids is 1. The standard InChI is InChI=1S/C16H17N3O3S/c1-10-6-7-17-14(8-10)18-16(23)19-15(20)11-4-5-12(21-2)13(9-11)22-3/h4-9H,1-3H3,(H2,17,18,19,20,23). The first-order chi connectivity index (χ1) is 11.0. The predicted octanol–water partition coefficient (Wildman–Crippen LogP) is 2.53. The van der Waals surface area contributed by atoms with Crippen molar-refractivity contribution < 1.29 is 14.3 Å². The van der Waals surface area contributed by atoms with E-state index in [1.54, 1.807) is 24.4 Å². The molecule has 0 saturated carbocycles. The molecule has 6 nitrogen and oxygen atoms in total. The second-order valence-electron chi connectivity index (χ2n) is 4.70. The van der Waals surface area contributed by atoms with Gasteiger partial charge in [0.2, 0.25) is 0 Å². The molecule has 7 heteroatoms. The molecule has 0 radical (unpaired) electrons. The molecule has 2 aromatic rings. The number of amides is 1. The minimum Gasteiger partial charge on any atom is -0.493 e. The minimum absolute atomic E-state index is 0.169. The van der Waals surface area contributed by atoms with Crippen molar-refractivity contribution in [2.24, 2.45) is 0 Å². The lowest BCUT2D eigenvalue weighted by Gasteiger charge is -2.11. The topological polar surface area (TPSA) is 72.5 Å². The molecule has 0 aliphatic rings. The quantitative estimate of drug-likeness (QED) is 0.839. The molecule has 0 unspecified atom stereocenters. The molecule has 0 bridgehead atoms. The highest BCUT2D eigenvalue weighted by molar-refractivity contribution is 7.80. The highest BCUT2D eigenvalue weighted by Gasteiger charge is 2.12. The Morgan fingerprint density at radius 1 is 1.13 bits per heavy atom. The van der Waals surface area contributed by atoms with Crippen LogP contribution in [0.15, 0.2) is 36.5 Å². The molecule has 1 aromatic heterocycles. The van der Waals surface area contributed by atoms with Crippen LogP contribution >= 0.6 is 12.2 Å². The molecule has 2 rings (SSSR count). The van der Waals surface area contributed by atoms with Gasteiger partial charge in [0.05, 0.1) is 14.2 Å². The van der Waals surface area contributed by atoms with Crippen molar-refractivity contribution in [3.05, 3.63) is 47.7 Å². The maximum absolute atomic E-state index is 12.2. The zero-order valence-corrected chi connectivity index (χ0v) is 13.9. The lowest BCUT2D eigenvalue weighted by Crippen LogP contribution is -2.34. The van der Waals surface area contributed by atoms with Gasteiger partial charge in [0, 0.05) is 11.8 Å². The summed E-state index contributed by atoms with van der Waals surface area (Å²) >= 11 is 5.13. The van der Waals surface area contributed by atoms with Crippen molar-refractivity contribution in [3.8, 4) is 11.5 Å². The Hall–Kier alpha value is -2.67. The summed E-state index contributed by atoms with van der Waals surface area (Å²) in [7, 11) is 3.04. The Morgan fingerprint density at radius 3 is 2.52 bits per heavy atom. The summed E-state index contributed by atoms with van der Waals surface area (Å²) in [6.45, 7) is 1.94. The van der Waals surface area contributed by atoms with Gasteiger partial charge in [-0.05, 0) is 55.0 Å². The molecule has 0 spiro atoms. The number of hydrogen-bond acceptors (Lipinski definition) is 5. The summed E-state index contributed by atoms with van der Waals surface area (Å²) in [5.74, 6) is 1.24. The summed E-state index contributed by atoms with van der Waals surface area (Å²) < 4.78 is 10.3. The van der Waals surface area contributed by atoms with Gasteiger partial charge in [-0.1, -0.05) is 0 Å². The van der Waals surface area contributed by atoms with Crippen molar-refractivity contribution in [1.82, 2.24) is 10.3 Å². The number of pyridine rings is 1. The fourth-order valence-electron chi connectivity index (χ4n) is 1.90. The number of aromatic nitrogens is 1. The van der Waals surface area contributed by atoms with Gasteiger partial charge in [0.15, 0.2) is 16.6 Å². The fraction of sp³-hybridized carbons (Fsp3) is 0.188. The average molecular weight is 331 g/mol. The maximum atomic E-state index is 12.2. The van der Waals surface area contributed by atoms with Crippen LogP contribution in [0.25, 0.3) is 0 Å². The van der Waals surface area contributed by atoms with Crippen molar-refractivity contribution in [2.75, 3.05) is 19.5 Å². The van der Waals surface area contributed by atoms with Gasteiger partial charge in [-0.3, -0.25) is 10.1 Å². The van der Waals surface area contributed by atoms with Gasteiger partial charge >= 0.3 is 0 Å². The number of hydrogen-bond donors (Lipinski definition) is 2. The molecule has 120 valence electrons. The molecule has 1 amide bonds. The van der Waals surface area contributed by atoms with E-state index < -0.39 is 0 Å². The number of anilines is 1. The maximum Gasteiger partial charge on any atom is 0.257 e. The van der Waals surface area contributed by atoms with Crippen LogP contribution in [0.2, 0.25) is 0 Å². The van der Waals surface area contributed by atoms with E-state index in [0.717, 1.165) is 5.56 Å². The van der Waals surface area contributed by atoms with E-state index >= 15 is 0 Å². The summed E-state index contributed by atoms with van der Waals surface area (Å²) in [6, 6.07) is 8.57. The van der Waals surface area contributed by atoms with Crippen LogP contribution in [-0.2, 0) is 0 Å². The lowest BCUT2D eigenvalue weighted by atomic mass is 10.2. The van der Waals surface area contributed by atoms with E-state index in [9.17, 15) is 4.79 Å². The molecule has 0 aliphatic heterocycles. The largest absolute Gasteiger partial charge is 0.493 e. The average Bonchev–Trinajstić information content (AvgIpc) is 2.53. The van der Waals surface area contributed by atoms with Crippen LogP contribution in [0.1, 0.15) is 15.9 Å². The number of nitrogens with one attached hydrogen (secondary N) is 2. The van der Waals surface area contributed by atoms with Crippen molar-refractivity contribution in [2.45, 2.75) is 6.92 Å². The fourth-order valence-corrected chi connectivity index (χ4v) is 2.10. The van der Waals surface area contributed by atoms with E-state index in [1.807, 2.05) is 19.1 Å². The Balaban J connectivity index is 2.05. The number of carbonyl (C=O) groups is 1. The van der Waals surface area contributed by atoms with Gasteiger partial charge in [-0.2, -0.15) is 0 Å². The van der Waals surface area contributed by atoms with E-state index in [-0.39, 0.29) is 11.0 Å². The second kappa shape index (κ2) is 7.55. The third-order valence-electron chi connectivity index (χ3n) is 3.03. The van der Waals surface area contributed by atoms with E-state index in [4.69, 9.17) is 21.7 Å². The monoisotopic (exact) mass is 331 g/mol. The molecule has 0 fully saturated rings. The molecule has 2 N–H and O–H groups in total. The van der Waals surface area contributed by atoms with Crippen LogP contribution in [0.4, 0.5) is 5.82 Å². The number of methoxy groups -OCH3 is 2. The van der Waals surface area contributed by atoms with Gasteiger partial charge in [0.25, 0.3) is 5.91 Å². The first kappa shape index (κ1) is 16.7. The summed E-state index contributed by atoms with van der Waals surface area (Å²) in [5, 5.41) is 5.63. The van der Waals surface area contributed by atoms with E-state index in [0.29, 0.717) is 22.9 Å². The molecule has 0 atom stereocenters. The second-order valence-corrected chi connectivity index (χ2v) is 5.10. The van der Waals surface area contributed by atoms with Crippen molar-refractivity contribution in [3.63, 3.8) is 0 Å². The van der Waals surface area contributed by atoms with Crippen LogP contribution in [0.5, 0.6) is 11.5 Å². The smallest absolute Gasteiger partial charge is 0.257 e. The Morgan fingerprint density at radius 2 is 1.87 bits per heavy atom. The number of rotatable bonds is 4. The molecule has 0 saturated heterocycles. The highest BCUT2D eigenvalue weighted by Crippen LogP contribution is 2.27. The number of aryl methyl sites for hydroxylation is 1. The minimum atomic E-state index is -0.351. The first-order valence-corrected chi connectivity index (χ1v) is 7.21. The number of benzene rings is 1. The van der Waals surface area contributed by atoms with E-state index in [1.165, 1.54) is 14.2 Å². The molecular weight excluding hydrogens is 314 g/mol. The van der Waals surface area contributed by atoms with Gasteiger partial charge in [0.1, 0.15) is 5.82 Å². The molecule has 1 aromatic carbocycles. The normalized spacial score (nSPS) is 9.87. The Labute approximate surface area is 139 Å². The zero-order chi connectivity index (χ0) is 16.8. The number of thiocarbonyl (C=S) groups is 1. The third-order valence-corrected chi connectivity index (χ3v) is 3.23. The molecular formula is C16H17N3O3S. The van der Waals surface area contributed by atoms with Crippen LogP contribution in [0.3, 0.4) is 0 Å². The highest BCUT2D eigenvalue weighted by atomic mass is 32.1. The first-order valence-electron chi connectivity index (χ1n) is 6.80. The van der Waals surface area contributed by atoms with Gasteiger partial charge in [-0.25, -0.2) is 4.98 Å². The Kier molecular flexibility index (Phi) is 5.48. The van der Waals surface area contributed by atoms with Crippen LogP contribution < -0.4 is 20.1 Å². The van der Waals surface area contributed by atoms with Crippen LogP contribution in [0, 0.1) is 6.92 Å². The van der Waals surface area contributed by atoms with Crippen molar-refractivity contribution >= 4 is 29.1 Å². The number of ether oxygens (including phenoxy) is 2. The summed E-state index contributed by atoms with van der Waals surface area (Å²) in [5.41, 5.74) is 1.44. The predicted molar refractivity (Wildman–Crippen MR) is 92.2 cm³/mol. The SMILES string of the molecule is COc1ccc(C(=O)NC(=S)Nc2cc(C)ccn2)cc1OC. The Bertz CT molecular complexity index is 734. The van der Waals surface area contributed by atoms with E-state index in [2.05, 4.69) is 15.6 Å². The third kappa shape index (κ3) is 4.40. The van der Waals surface area contributed by atoms with Gasteiger partial charge < -0.3 is 14.8 Å². The zero-order valence-electron chi connectivity index (χ0n) is 13.0. The molecule has 1 heterocycles. The lowest BCUT2D eigenvalue weighted by molar-refractivity contribution is 0.0977. The molecule has 0 aliphatic carbocycles. The van der Waals surface area contributed by atoms with Gasteiger partial charge in [-0.15, -0.1) is 0 Å². The molecule has 23 heavy (non-hydrogen) atoms. The number of nitrogens with zero attached hydrogens (tertiary/aromatic N) is 1. The van der Waals surface area contributed by atoms with Crippen LogP contribution in [-0.4, -0.2) is 30.2 Å². The van der Waals surface area contributed by atoms with Crippen molar-refractivity contribution in [1.29, 1.82) is 0 Å².